The molecule has 3 atom stereocenters. The first-order chi connectivity index (χ1) is 12.0. The van der Waals surface area contributed by atoms with Crippen molar-refractivity contribution >= 4 is 5.84 Å². The second-order valence-electron chi connectivity index (χ2n) is 5.95. The van der Waals surface area contributed by atoms with E-state index in [1.165, 1.54) is 28.4 Å². The van der Waals surface area contributed by atoms with Crippen LogP contribution in [0.15, 0.2) is 18.2 Å². The third kappa shape index (κ3) is 1.63. The summed E-state index contributed by atoms with van der Waals surface area (Å²) in [4.78, 5) is 2.85. The van der Waals surface area contributed by atoms with Crippen molar-refractivity contribution < 1.29 is 23.9 Å². The number of nitrogens with two attached hydrogens (primary N) is 1. The summed E-state index contributed by atoms with van der Waals surface area (Å²) in [5, 5.41) is 19.9. The zero-order valence-electron chi connectivity index (χ0n) is 14.4. The monoisotopic (exact) mass is 343 g/mol. The van der Waals surface area contributed by atoms with Gasteiger partial charge in [-0.3, -0.25) is 5.73 Å². The summed E-state index contributed by atoms with van der Waals surface area (Å²) < 4.78 is 21.5. The summed E-state index contributed by atoms with van der Waals surface area (Å²) >= 11 is 0. The number of amidine groups is 1. The molecule has 0 radical (unpaired) electrons. The maximum Gasteiger partial charge on any atom is 0.342 e. The molecule has 1 fully saturated rings. The van der Waals surface area contributed by atoms with E-state index in [9.17, 15) is 10.5 Å². The van der Waals surface area contributed by atoms with Gasteiger partial charge in [0.25, 0.3) is 5.84 Å². The number of nitrogens with one attached hydrogen (secondary N) is 1. The molecule has 0 aromatic heterocycles. The Bertz CT molecular complexity index is 836. The van der Waals surface area contributed by atoms with Gasteiger partial charge in [-0.15, -0.1) is 0 Å². The zero-order valence-corrected chi connectivity index (χ0v) is 14.4. The summed E-state index contributed by atoms with van der Waals surface area (Å²) in [6.45, 7) is 0. The molecule has 3 rings (SSSR count). The highest BCUT2D eigenvalue weighted by atomic mass is 16.7. The lowest BCUT2D eigenvalue weighted by Gasteiger charge is -2.26. The van der Waals surface area contributed by atoms with Gasteiger partial charge in [-0.25, -0.2) is 4.99 Å². The quantitative estimate of drug-likeness (QED) is 0.672. The SMILES string of the molecule is COc1ccc([C@@H]2[C@]3(C#N)C(N)=[NH+]C(OC)(OC)[C@]23C#N)cc1OC. The van der Waals surface area contributed by atoms with Crippen LogP contribution in [-0.4, -0.2) is 40.2 Å². The number of ether oxygens (including phenoxy) is 4. The second-order valence-corrected chi connectivity index (χ2v) is 5.95. The zero-order chi connectivity index (χ0) is 18.5. The number of hydrogen-bond acceptors (Lipinski definition) is 7. The standard InChI is InChI=1S/C17H18N4O4/c1-22-11-6-5-10(7-12(11)23-2)13-15(8-18)14(20)21-17(24-3,25-4)16(13,15)9-19/h5-7,13H,1-4H3,(H2,20,21)/p+1/t13-,15-,16-/m1/s1. The van der Waals surface area contributed by atoms with E-state index in [0.29, 0.717) is 17.1 Å². The first kappa shape index (κ1) is 17.0. The minimum absolute atomic E-state index is 0.153. The van der Waals surface area contributed by atoms with Crippen LogP contribution < -0.4 is 20.2 Å². The normalized spacial score (nSPS) is 31.3. The molecule has 8 heteroatoms. The molecule has 1 aromatic carbocycles. The Balaban J connectivity index is 2.21. The predicted octanol–water partition coefficient (Wildman–Crippen LogP) is -0.781. The van der Waals surface area contributed by atoms with Gasteiger partial charge in [0.15, 0.2) is 22.3 Å². The summed E-state index contributed by atoms with van der Waals surface area (Å²) in [5.74, 6) is -0.859. The molecule has 1 aromatic rings. The molecule has 1 saturated carbocycles. The van der Waals surface area contributed by atoms with Crippen molar-refractivity contribution in [1.82, 2.24) is 0 Å². The third-order valence-corrected chi connectivity index (χ3v) is 5.32. The Morgan fingerprint density at radius 1 is 1.04 bits per heavy atom. The number of fused-ring (bicyclic) bond motifs is 1. The maximum absolute atomic E-state index is 10.0. The lowest BCUT2D eigenvalue weighted by molar-refractivity contribution is -0.687. The first-order valence-electron chi connectivity index (χ1n) is 7.54. The number of benzene rings is 1. The summed E-state index contributed by atoms with van der Waals surface area (Å²) in [7, 11) is 5.86. The highest BCUT2D eigenvalue weighted by Crippen LogP contribution is 2.78. The Kier molecular flexibility index (Phi) is 3.64. The summed E-state index contributed by atoms with van der Waals surface area (Å²) in [5.41, 5.74) is 4.23. The van der Waals surface area contributed by atoms with Crippen molar-refractivity contribution in [3.8, 4) is 23.6 Å². The van der Waals surface area contributed by atoms with Crippen molar-refractivity contribution in [3.63, 3.8) is 0 Å². The van der Waals surface area contributed by atoms with Gasteiger partial charge in [-0.05, 0) is 17.7 Å². The van der Waals surface area contributed by atoms with Crippen molar-refractivity contribution in [2.45, 2.75) is 11.8 Å². The first-order valence-corrected chi connectivity index (χ1v) is 7.54. The maximum atomic E-state index is 10.0. The highest BCUT2D eigenvalue weighted by molar-refractivity contribution is 5.95. The van der Waals surface area contributed by atoms with E-state index in [-0.39, 0.29) is 5.84 Å². The van der Waals surface area contributed by atoms with Crippen LogP contribution in [0.1, 0.15) is 11.5 Å². The average Bonchev–Trinajstić information content (AvgIpc) is 3.23. The Morgan fingerprint density at radius 3 is 2.16 bits per heavy atom. The number of rotatable bonds is 5. The van der Waals surface area contributed by atoms with Gasteiger partial charge in [-0.1, -0.05) is 6.07 Å². The third-order valence-electron chi connectivity index (χ3n) is 5.32. The number of nitriles is 2. The van der Waals surface area contributed by atoms with Crippen molar-refractivity contribution in [1.29, 1.82) is 10.5 Å². The van der Waals surface area contributed by atoms with Gasteiger partial charge in [0.1, 0.15) is 0 Å². The van der Waals surface area contributed by atoms with E-state index in [4.69, 9.17) is 24.7 Å². The molecule has 0 amide bonds. The highest BCUT2D eigenvalue weighted by Gasteiger charge is 2.97. The van der Waals surface area contributed by atoms with Crippen LogP contribution in [0, 0.1) is 33.5 Å². The van der Waals surface area contributed by atoms with Crippen LogP contribution in [0.3, 0.4) is 0 Å². The van der Waals surface area contributed by atoms with E-state index in [1.54, 1.807) is 18.2 Å². The van der Waals surface area contributed by atoms with E-state index >= 15 is 0 Å². The number of methoxy groups -OCH3 is 4. The fourth-order valence-corrected chi connectivity index (χ4v) is 4.15. The Labute approximate surface area is 145 Å². The molecule has 1 aliphatic carbocycles. The average molecular weight is 343 g/mol. The van der Waals surface area contributed by atoms with Crippen LogP contribution >= 0.6 is 0 Å². The minimum atomic E-state index is -1.51. The van der Waals surface area contributed by atoms with Gasteiger partial charge in [0.2, 0.25) is 0 Å². The molecule has 0 spiro atoms. The van der Waals surface area contributed by atoms with Gasteiger partial charge in [0.05, 0.1) is 26.4 Å². The van der Waals surface area contributed by atoms with Crippen LogP contribution in [0.4, 0.5) is 0 Å². The molecule has 0 bridgehead atoms. The van der Waals surface area contributed by atoms with Gasteiger partial charge >= 0.3 is 5.91 Å². The Morgan fingerprint density at radius 2 is 1.68 bits per heavy atom. The van der Waals surface area contributed by atoms with Crippen molar-refractivity contribution in [2.75, 3.05) is 28.4 Å². The topological polar surface area (TPSA) is 124 Å². The van der Waals surface area contributed by atoms with Crippen LogP contribution in [-0.2, 0) is 9.47 Å². The molecule has 3 N–H and O–H groups in total. The van der Waals surface area contributed by atoms with E-state index in [1.807, 2.05) is 0 Å². The summed E-state index contributed by atoms with van der Waals surface area (Å²) in [6, 6.07) is 9.70. The summed E-state index contributed by atoms with van der Waals surface area (Å²) in [6.07, 6.45) is 0. The molecule has 0 unspecified atom stereocenters. The van der Waals surface area contributed by atoms with Crippen molar-refractivity contribution in [3.05, 3.63) is 23.8 Å². The number of hydrogen-bond donors (Lipinski definition) is 2. The molecular weight excluding hydrogens is 324 g/mol. The molecule has 1 aliphatic heterocycles. The van der Waals surface area contributed by atoms with Crippen LogP contribution in [0.2, 0.25) is 0 Å². The smallest absolute Gasteiger partial charge is 0.342 e. The number of nitrogens with zero attached hydrogens (tertiary/aromatic N) is 2. The van der Waals surface area contributed by atoms with E-state index < -0.39 is 22.7 Å². The largest absolute Gasteiger partial charge is 0.493 e. The molecule has 0 saturated heterocycles. The van der Waals surface area contributed by atoms with Gasteiger partial charge in [-0.2, -0.15) is 10.5 Å². The predicted molar refractivity (Wildman–Crippen MR) is 85.3 cm³/mol. The fourth-order valence-electron chi connectivity index (χ4n) is 4.15. The van der Waals surface area contributed by atoms with Gasteiger partial charge < -0.3 is 18.9 Å². The molecule has 130 valence electrons. The van der Waals surface area contributed by atoms with Crippen molar-refractivity contribution in [2.24, 2.45) is 16.6 Å². The lowest BCUT2D eigenvalue weighted by Crippen LogP contribution is -2.90. The molecular formula is C17H19N4O4+. The Hall–Kier alpha value is -2.81. The second kappa shape index (κ2) is 5.35. The molecule has 2 aliphatic rings. The fraction of sp³-hybridized carbons (Fsp3) is 0.471. The van der Waals surface area contributed by atoms with Crippen LogP contribution in [0.25, 0.3) is 0 Å². The van der Waals surface area contributed by atoms with E-state index in [0.717, 1.165) is 0 Å². The van der Waals surface area contributed by atoms with Crippen LogP contribution in [0.5, 0.6) is 11.5 Å². The molecule has 1 heterocycles. The minimum Gasteiger partial charge on any atom is -0.493 e. The molecule has 25 heavy (non-hydrogen) atoms. The lowest BCUT2D eigenvalue weighted by atomic mass is 9.93. The van der Waals surface area contributed by atoms with Gasteiger partial charge in [0, 0.05) is 20.1 Å². The van der Waals surface area contributed by atoms with E-state index in [2.05, 4.69) is 17.1 Å². The molecule has 8 nitrogen and oxygen atoms in total.